The highest BCUT2D eigenvalue weighted by atomic mass is 32.1. The quantitative estimate of drug-likeness (QED) is 0.00847. The number of thiol groups is 1. The summed E-state index contributed by atoms with van der Waals surface area (Å²) >= 11 is 4.68. The Kier molecular flexibility index (Phi) is 24.8. The van der Waals surface area contributed by atoms with Crippen molar-refractivity contribution in [1.29, 1.82) is 0 Å². The average molecular weight is 1300 g/mol. The van der Waals surface area contributed by atoms with Gasteiger partial charge in [0, 0.05) is 42.7 Å². The van der Waals surface area contributed by atoms with Crippen LogP contribution < -0.4 is 27.0 Å². The lowest BCUT2D eigenvalue weighted by Gasteiger charge is -2.55. The molecular weight excluding hydrogens is 1210 g/mol. The molecule has 7 aromatic rings. The summed E-state index contributed by atoms with van der Waals surface area (Å²) in [6.45, 7) is 13.4. The number of benzene rings is 6. The number of nitrogens with two attached hydrogens (primary N) is 2. The lowest BCUT2D eigenvalue weighted by atomic mass is 9.75. The molecule has 1 unspecified atom stereocenters. The number of aromatic hydroxyl groups is 1. The van der Waals surface area contributed by atoms with Crippen LogP contribution in [-0.2, 0) is 67.8 Å². The highest BCUT2D eigenvalue weighted by Gasteiger charge is 2.56. The zero-order chi connectivity index (χ0) is 68.7. The minimum atomic E-state index is -2.01. The maximum atomic E-state index is 17.4. The summed E-state index contributed by atoms with van der Waals surface area (Å²) in [6, 6.07) is 37.0. The first-order valence-electron chi connectivity index (χ1n) is 31.6. The lowest BCUT2D eigenvalue weighted by molar-refractivity contribution is -0.203. The van der Waals surface area contributed by atoms with E-state index in [1.54, 1.807) is 171 Å². The zero-order valence-corrected chi connectivity index (χ0v) is 55.8. The fourth-order valence-electron chi connectivity index (χ4n) is 11.7. The number of anilines is 1. The van der Waals surface area contributed by atoms with E-state index in [4.69, 9.17) is 20.9 Å². The van der Waals surface area contributed by atoms with Gasteiger partial charge < -0.3 is 56.8 Å². The largest absolute Gasteiger partial charge is 0.508 e. The van der Waals surface area contributed by atoms with Crippen LogP contribution in [0.25, 0.3) is 10.9 Å². The minimum Gasteiger partial charge on any atom is -0.508 e. The van der Waals surface area contributed by atoms with E-state index in [1.807, 2.05) is 54.6 Å². The number of phenols is 1. The summed E-state index contributed by atoms with van der Waals surface area (Å²) in [4.78, 5) is 110. The Morgan fingerprint density at radius 1 is 0.585 bits per heavy atom. The summed E-state index contributed by atoms with van der Waals surface area (Å²) < 4.78 is 12.0. The molecule has 10 N–H and O–H groups in total. The molecule has 0 bridgehead atoms. The molecule has 7 atom stereocenters. The monoisotopic (exact) mass is 1300 g/mol. The number of hydrogen-bond donors (Lipinski definition) is 9. The Morgan fingerprint density at radius 3 is 1.68 bits per heavy atom. The van der Waals surface area contributed by atoms with Gasteiger partial charge in [0.2, 0.25) is 11.8 Å². The van der Waals surface area contributed by atoms with Crippen LogP contribution in [0.5, 0.6) is 5.75 Å². The molecule has 1 heterocycles. The van der Waals surface area contributed by atoms with Crippen molar-refractivity contribution in [2.75, 3.05) is 17.7 Å². The van der Waals surface area contributed by atoms with Crippen LogP contribution in [0.4, 0.5) is 5.69 Å². The van der Waals surface area contributed by atoms with Crippen molar-refractivity contribution in [3.05, 3.63) is 203 Å². The van der Waals surface area contributed by atoms with Gasteiger partial charge in [-0.2, -0.15) is 17.6 Å². The number of phenolic OH excluding ortho intramolecular Hbond substituents is 1. The van der Waals surface area contributed by atoms with E-state index in [1.165, 1.54) is 17.1 Å². The summed E-state index contributed by atoms with van der Waals surface area (Å²) in [5, 5.41) is 42.2. The summed E-state index contributed by atoms with van der Waals surface area (Å²) in [6.07, 6.45) is 0.954. The number of carbonyl (C=O) groups excluding carboxylic acids is 5. The number of amides is 3. The van der Waals surface area contributed by atoms with Crippen molar-refractivity contribution >= 4 is 70.8 Å². The first kappa shape index (κ1) is 72.4. The molecule has 0 fully saturated rings. The number of ether oxygens (including phenoxy) is 2. The van der Waals surface area contributed by atoms with Gasteiger partial charge in [-0.15, -0.1) is 0 Å². The van der Waals surface area contributed by atoms with Crippen molar-refractivity contribution in [2.24, 2.45) is 17.4 Å². The van der Waals surface area contributed by atoms with Crippen molar-refractivity contribution in [3.8, 4) is 5.75 Å². The standard InChI is InChI=1S/C73H90N8O12S/c1-46(2)63(70(91)93-72(6,7)8)80(81(61(39-40-94)67(86)87)73(50-25-15-11-16-26-50,51-27-17-12-18-28-51)52-29-21-30-53(44-52)79(9)62(68(88)89)42-47-23-13-10-14-24-47)66(85)59(34-22-32-56(74)69(90)92-71(3,4)5)77-65(84)60(43-49-45-76-58-33-20-19-31-55(49)58)78-64(83)57(75)41-48-35-37-54(82)38-36-48/h10-21,23-31,33,35-38,44-46,56-57,59-63,76,82,94H,22,32,34,39-43,74-75H2,1-9H3,(H,77,84)(H,78,83)(H,86,87)(H,88,89)/t56?,57-,59-,60+,61-,62-,63-/m0/s1. The summed E-state index contributed by atoms with van der Waals surface area (Å²) in [7, 11) is 1.65. The number of rotatable bonds is 31. The number of para-hydroxylation sites is 1. The highest BCUT2D eigenvalue weighted by Crippen LogP contribution is 2.47. The molecule has 1 aromatic heterocycles. The van der Waals surface area contributed by atoms with Gasteiger partial charge in [0.05, 0.1) is 6.04 Å². The number of carboxylic acid groups (broad SMARTS) is 2. The predicted octanol–water partition coefficient (Wildman–Crippen LogP) is 9.10. The third-order valence-electron chi connectivity index (χ3n) is 16.2. The zero-order valence-electron chi connectivity index (χ0n) is 54.9. The number of fused-ring (bicyclic) bond motifs is 1. The van der Waals surface area contributed by atoms with E-state index in [9.17, 15) is 34.5 Å². The molecule has 6 aromatic carbocycles. The number of esters is 2. The smallest absolute Gasteiger partial charge is 0.331 e. The van der Waals surface area contributed by atoms with Crippen molar-refractivity contribution in [1.82, 2.24) is 25.6 Å². The first-order valence-corrected chi connectivity index (χ1v) is 32.2. The predicted molar refractivity (Wildman–Crippen MR) is 366 cm³/mol. The molecule has 94 heavy (non-hydrogen) atoms. The van der Waals surface area contributed by atoms with Crippen molar-refractivity contribution < 1.29 is 58.4 Å². The van der Waals surface area contributed by atoms with E-state index in [0.717, 1.165) is 21.5 Å². The van der Waals surface area contributed by atoms with Crippen molar-refractivity contribution in [3.63, 3.8) is 0 Å². The maximum Gasteiger partial charge on any atom is 0.331 e. The van der Waals surface area contributed by atoms with Gasteiger partial charge in [-0.05, 0) is 149 Å². The van der Waals surface area contributed by atoms with Crippen LogP contribution in [0.3, 0.4) is 0 Å². The van der Waals surface area contributed by atoms with Gasteiger partial charge in [-0.25, -0.2) is 9.59 Å². The molecule has 0 aliphatic heterocycles. The van der Waals surface area contributed by atoms with Gasteiger partial charge in [-0.3, -0.25) is 29.0 Å². The Hall–Kier alpha value is -9.02. The maximum absolute atomic E-state index is 17.4. The van der Waals surface area contributed by atoms with E-state index in [2.05, 4.69) is 28.2 Å². The van der Waals surface area contributed by atoms with Gasteiger partial charge in [0.25, 0.3) is 5.91 Å². The van der Waals surface area contributed by atoms with Crippen LogP contribution in [0, 0.1) is 5.92 Å². The summed E-state index contributed by atoms with van der Waals surface area (Å²) in [5.41, 5.74) is 13.3. The number of aromatic amines is 1. The van der Waals surface area contributed by atoms with E-state index >= 15 is 14.4 Å². The number of aromatic nitrogens is 1. The molecular formula is C73H90N8O12S. The highest BCUT2D eigenvalue weighted by molar-refractivity contribution is 7.80. The third kappa shape index (κ3) is 18.4. The molecule has 20 nitrogen and oxygen atoms in total. The fraction of sp³-hybridized carbons (Fsp3) is 0.384. The van der Waals surface area contributed by atoms with E-state index in [0.29, 0.717) is 33.5 Å². The van der Waals surface area contributed by atoms with Crippen LogP contribution in [0.15, 0.2) is 170 Å². The summed E-state index contributed by atoms with van der Waals surface area (Å²) in [5.74, 6) is -7.81. The van der Waals surface area contributed by atoms with Gasteiger partial charge in [-0.1, -0.05) is 147 Å². The third-order valence-corrected chi connectivity index (χ3v) is 16.5. The van der Waals surface area contributed by atoms with Gasteiger partial charge >= 0.3 is 23.9 Å². The minimum absolute atomic E-state index is 0.00718. The average Bonchev–Trinajstić information content (AvgIpc) is 0.806. The molecule has 3 amide bonds. The molecule has 0 spiro atoms. The van der Waals surface area contributed by atoms with E-state index < -0.39 is 107 Å². The van der Waals surface area contributed by atoms with Crippen LogP contribution in [-0.4, -0.2) is 138 Å². The number of nitrogens with zero attached hydrogens (tertiary/aromatic N) is 3. The lowest BCUT2D eigenvalue weighted by Crippen LogP contribution is -2.71. The molecule has 500 valence electrons. The second kappa shape index (κ2) is 32.2. The van der Waals surface area contributed by atoms with Crippen LogP contribution in [0.1, 0.15) is 114 Å². The molecule has 0 saturated carbocycles. The molecule has 0 aliphatic rings. The van der Waals surface area contributed by atoms with Crippen molar-refractivity contribution in [2.45, 2.75) is 159 Å². The van der Waals surface area contributed by atoms with E-state index in [-0.39, 0.29) is 56.4 Å². The van der Waals surface area contributed by atoms with Crippen LogP contribution >= 0.6 is 12.6 Å². The number of hydrazine groups is 1. The number of nitrogens with one attached hydrogen (secondary N) is 3. The Labute approximate surface area is 555 Å². The topological polar surface area (TPSA) is 300 Å². The number of carboxylic acids is 2. The molecule has 0 aliphatic carbocycles. The van der Waals surface area contributed by atoms with Gasteiger partial charge in [0.1, 0.15) is 58.7 Å². The molecule has 0 saturated heterocycles. The second-order valence-electron chi connectivity index (χ2n) is 26.0. The normalized spacial score (nSPS) is 14.2. The molecule has 0 radical (unpaired) electrons. The first-order chi connectivity index (χ1) is 44.5. The van der Waals surface area contributed by atoms with Crippen LogP contribution in [0.2, 0.25) is 0 Å². The number of hydrogen-bond acceptors (Lipinski definition) is 15. The second-order valence-corrected chi connectivity index (χ2v) is 26.4. The number of likely N-dealkylation sites (N-methyl/N-ethyl adjacent to an activating group) is 1. The Bertz CT molecular complexity index is 3650. The number of H-pyrrole nitrogens is 1. The fourth-order valence-corrected chi connectivity index (χ4v) is 12.0. The SMILES string of the molecule is CC(C)[C@@H](C(=O)OC(C)(C)C)N(C(=O)[C@H](CCCC(N)C(=O)OC(C)(C)C)NC(=O)[C@@H](Cc1c[nH]c2ccccc12)NC(=O)[C@@H](N)Cc1ccc(O)cc1)N([C@@H](CCS)C(=O)O)C(c1ccccc1)(c1ccccc1)c1cccc(N(C)[C@@H](Cc2ccccc2)C(=O)O)c1. The number of aliphatic carboxylic acids is 2. The Balaban J connectivity index is 1.53. The molecule has 21 heteroatoms. The Morgan fingerprint density at radius 2 is 1.12 bits per heavy atom. The molecule has 7 rings (SSSR count). The van der Waals surface area contributed by atoms with Gasteiger partial charge in [0.15, 0.2) is 0 Å². The number of carbonyl (C=O) groups is 7.